The smallest absolute Gasteiger partial charge is 0.250 e. The highest BCUT2D eigenvalue weighted by Crippen LogP contribution is 2.32. The van der Waals surface area contributed by atoms with Gasteiger partial charge in [-0.25, -0.2) is 4.39 Å². The molecule has 0 aliphatic rings. The van der Waals surface area contributed by atoms with Crippen LogP contribution in [0.25, 0.3) is 44.7 Å². The van der Waals surface area contributed by atoms with Crippen LogP contribution < -0.4 is 0 Å². The minimum atomic E-state index is -0.291. The van der Waals surface area contributed by atoms with Crippen molar-refractivity contribution >= 4 is 21.8 Å². The lowest BCUT2D eigenvalue weighted by molar-refractivity contribution is 0.586. The Labute approximate surface area is 135 Å². The summed E-state index contributed by atoms with van der Waals surface area (Å²) in [5.41, 5.74) is 3.31. The number of rotatable bonds is 2. The molecule has 2 aromatic carbocycles. The number of aromatic nitrogens is 4. The van der Waals surface area contributed by atoms with Crippen LogP contribution in [0.3, 0.4) is 0 Å². The van der Waals surface area contributed by atoms with Crippen LogP contribution in [-0.4, -0.2) is 20.2 Å². The van der Waals surface area contributed by atoms with Crippen LogP contribution in [0.2, 0.25) is 0 Å². The van der Waals surface area contributed by atoms with E-state index in [0.29, 0.717) is 17.3 Å². The van der Waals surface area contributed by atoms with Crippen LogP contribution in [0.15, 0.2) is 59.3 Å². The summed E-state index contributed by atoms with van der Waals surface area (Å²) in [5.74, 6) is 0.549. The summed E-state index contributed by atoms with van der Waals surface area (Å²) in [6.45, 7) is 0. The number of H-pyrrole nitrogens is 2. The molecule has 0 unspecified atom stereocenters. The van der Waals surface area contributed by atoms with Crippen molar-refractivity contribution in [3.63, 3.8) is 0 Å². The Kier molecular flexibility index (Phi) is 2.61. The third-order valence-electron chi connectivity index (χ3n) is 4.12. The molecular weight excluding hydrogens is 307 g/mol. The van der Waals surface area contributed by atoms with Gasteiger partial charge in [-0.15, -0.1) is 10.2 Å². The highest BCUT2D eigenvalue weighted by molar-refractivity contribution is 5.95. The van der Waals surface area contributed by atoms with Crippen molar-refractivity contribution in [1.82, 2.24) is 20.2 Å². The van der Waals surface area contributed by atoms with Crippen molar-refractivity contribution in [1.29, 1.82) is 0 Å². The Balaban J connectivity index is 1.64. The zero-order chi connectivity index (χ0) is 16.1. The van der Waals surface area contributed by atoms with Crippen molar-refractivity contribution in [2.45, 2.75) is 0 Å². The first-order chi connectivity index (χ1) is 11.8. The molecule has 0 amide bonds. The van der Waals surface area contributed by atoms with Gasteiger partial charge in [-0.3, -0.25) is 0 Å². The summed E-state index contributed by atoms with van der Waals surface area (Å²) in [5, 5.41) is 10.2. The summed E-state index contributed by atoms with van der Waals surface area (Å²) >= 11 is 0. The minimum absolute atomic E-state index is 0.291. The topological polar surface area (TPSA) is 70.5 Å². The molecule has 3 aromatic heterocycles. The van der Waals surface area contributed by atoms with Gasteiger partial charge in [-0.05, 0) is 24.3 Å². The summed E-state index contributed by atoms with van der Waals surface area (Å²) in [4.78, 5) is 6.22. The van der Waals surface area contributed by atoms with Gasteiger partial charge in [0.25, 0.3) is 0 Å². The Hall–Kier alpha value is -3.41. The molecule has 2 N–H and O–H groups in total. The minimum Gasteiger partial charge on any atom is -0.416 e. The fourth-order valence-electron chi connectivity index (χ4n) is 2.96. The number of hydrogen-bond acceptors (Lipinski definition) is 3. The monoisotopic (exact) mass is 318 g/mol. The zero-order valence-corrected chi connectivity index (χ0v) is 12.4. The number of halogens is 1. The van der Waals surface area contributed by atoms with Gasteiger partial charge in [0.05, 0.1) is 11.1 Å². The van der Waals surface area contributed by atoms with E-state index in [1.54, 1.807) is 12.3 Å². The van der Waals surface area contributed by atoms with E-state index in [-0.39, 0.29) is 5.82 Å². The predicted octanol–water partition coefficient (Wildman–Crippen LogP) is 4.51. The summed E-state index contributed by atoms with van der Waals surface area (Å²) < 4.78 is 19.2. The van der Waals surface area contributed by atoms with Gasteiger partial charge < -0.3 is 14.4 Å². The Bertz CT molecular complexity index is 1180. The molecule has 0 fully saturated rings. The molecule has 5 aromatic rings. The molecule has 0 atom stereocenters. The second kappa shape index (κ2) is 4.79. The number of para-hydroxylation sites is 1. The molecule has 0 radical (unpaired) electrons. The van der Waals surface area contributed by atoms with Gasteiger partial charge >= 0.3 is 0 Å². The molecule has 0 bridgehead atoms. The molecule has 6 heteroatoms. The third-order valence-corrected chi connectivity index (χ3v) is 4.12. The van der Waals surface area contributed by atoms with Crippen LogP contribution in [0.1, 0.15) is 0 Å². The fourth-order valence-corrected chi connectivity index (χ4v) is 2.96. The third kappa shape index (κ3) is 1.86. The van der Waals surface area contributed by atoms with Crippen molar-refractivity contribution < 1.29 is 8.81 Å². The van der Waals surface area contributed by atoms with E-state index in [2.05, 4.69) is 20.2 Å². The van der Waals surface area contributed by atoms with Crippen molar-refractivity contribution in [2.75, 3.05) is 0 Å². The molecule has 0 spiro atoms. The molecule has 0 aliphatic heterocycles. The van der Waals surface area contributed by atoms with Crippen LogP contribution in [-0.2, 0) is 0 Å². The maximum atomic E-state index is 13.3. The van der Waals surface area contributed by atoms with Gasteiger partial charge in [0.15, 0.2) is 0 Å². The van der Waals surface area contributed by atoms with Crippen LogP contribution in [0, 0.1) is 5.82 Å². The van der Waals surface area contributed by atoms with Crippen molar-refractivity contribution in [2.24, 2.45) is 0 Å². The lowest BCUT2D eigenvalue weighted by Crippen LogP contribution is -1.76. The average Bonchev–Trinajstić information content (AvgIpc) is 3.31. The van der Waals surface area contributed by atoms with Gasteiger partial charge in [0.1, 0.15) is 5.82 Å². The number of nitrogens with one attached hydrogen (secondary N) is 2. The standard InChI is InChI=1S/C18H11FN4O/c19-10-5-6-12-14(9-21-16(12)7-10)18-23-22-17(24-18)13-8-20-15-4-2-1-3-11(13)15/h1-9,20-21H. The van der Waals surface area contributed by atoms with E-state index < -0.39 is 0 Å². The van der Waals surface area contributed by atoms with Crippen molar-refractivity contribution in [3.05, 3.63) is 60.7 Å². The number of benzene rings is 2. The molecule has 5 rings (SSSR count). The van der Waals surface area contributed by atoms with E-state index >= 15 is 0 Å². The first kappa shape index (κ1) is 13.1. The fraction of sp³-hybridized carbons (Fsp3) is 0. The van der Waals surface area contributed by atoms with Gasteiger partial charge in [-0.2, -0.15) is 0 Å². The molecule has 0 aliphatic carbocycles. The first-order valence-corrected chi connectivity index (χ1v) is 7.46. The highest BCUT2D eigenvalue weighted by Gasteiger charge is 2.16. The molecule has 0 saturated carbocycles. The molecule has 24 heavy (non-hydrogen) atoms. The molecule has 3 heterocycles. The molecule has 116 valence electrons. The normalized spacial score (nSPS) is 11.5. The van der Waals surface area contributed by atoms with Crippen molar-refractivity contribution in [3.8, 4) is 22.9 Å². The van der Waals surface area contributed by atoms with Crippen LogP contribution in [0.5, 0.6) is 0 Å². The number of aromatic amines is 2. The van der Waals surface area contributed by atoms with Crippen LogP contribution >= 0.6 is 0 Å². The number of fused-ring (bicyclic) bond motifs is 2. The van der Waals surface area contributed by atoms with E-state index in [1.807, 2.05) is 30.5 Å². The Morgan fingerprint density at radius 1 is 0.792 bits per heavy atom. The SMILES string of the molecule is Fc1ccc2c(-c3nnc(-c4c[nH]c5ccccc45)o3)c[nH]c2c1. The summed E-state index contributed by atoms with van der Waals surface area (Å²) in [6, 6.07) is 12.5. The number of hydrogen-bond donors (Lipinski definition) is 2. The van der Waals surface area contributed by atoms with Gasteiger partial charge in [0.2, 0.25) is 11.8 Å². The van der Waals surface area contributed by atoms with Gasteiger partial charge in [0, 0.05) is 34.2 Å². The summed E-state index contributed by atoms with van der Waals surface area (Å²) in [7, 11) is 0. The molecule has 5 nitrogen and oxygen atoms in total. The van der Waals surface area contributed by atoms with E-state index in [9.17, 15) is 4.39 Å². The summed E-state index contributed by atoms with van der Waals surface area (Å²) in [6.07, 6.45) is 3.60. The van der Waals surface area contributed by atoms with Gasteiger partial charge in [-0.1, -0.05) is 18.2 Å². The number of nitrogens with zero attached hydrogens (tertiary/aromatic N) is 2. The Morgan fingerprint density at radius 3 is 2.25 bits per heavy atom. The van der Waals surface area contributed by atoms with E-state index in [1.165, 1.54) is 12.1 Å². The lowest BCUT2D eigenvalue weighted by atomic mass is 10.1. The first-order valence-electron chi connectivity index (χ1n) is 7.46. The predicted molar refractivity (Wildman–Crippen MR) is 88.8 cm³/mol. The Morgan fingerprint density at radius 2 is 1.46 bits per heavy atom. The molecular formula is C18H11FN4O. The average molecular weight is 318 g/mol. The largest absolute Gasteiger partial charge is 0.416 e. The molecule has 0 saturated heterocycles. The zero-order valence-electron chi connectivity index (χ0n) is 12.4. The second-order valence-corrected chi connectivity index (χ2v) is 5.55. The highest BCUT2D eigenvalue weighted by atomic mass is 19.1. The van der Waals surface area contributed by atoms with E-state index in [4.69, 9.17) is 4.42 Å². The van der Waals surface area contributed by atoms with Crippen LogP contribution in [0.4, 0.5) is 4.39 Å². The van der Waals surface area contributed by atoms with E-state index in [0.717, 1.165) is 27.4 Å². The maximum absolute atomic E-state index is 13.3. The maximum Gasteiger partial charge on any atom is 0.250 e. The lowest BCUT2D eigenvalue weighted by Gasteiger charge is -1.94. The quantitative estimate of drug-likeness (QED) is 0.503. The second-order valence-electron chi connectivity index (χ2n) is 5.55.